The van der Waals surface area contributed by atoms with E-state index in [4.69, 9.17) is 11.6 Å². The number of nitrogens with zero attached hydrogens (tertiary/aromatic N) is 2. The first-order valence-electron chi connectivity index (χ1n) is 10.3. The van der Waals surface area contributed by atoms with Crippen LogP contribution in [0.3, 0.4) is 0 Å². The van der Waals surface area contributed by atoms with Crippen molar-refractivity contribution < 1.29 is 14.7 Å². The Hall–Kier alpha value is -2.63. The number of aryl methyl sites for hydroxylation is 1. The number of benzene rings is 2. The molecule has 1 saturated heterocycles. The Kier molecular flexibility index (Phi) is 5.93. The number of halogens is 1. The number of aliphatic hydroxyl groups excluding tert-OH is 1. The first-order valence-corrected chi connectivity index (χ1v) is 10.6. The highest BCUT2D eigenvalue weighted by Gasteiger charge is 2.42. The van der Waals surface area contributed by atoms with Gasteiger partial charge in [-0.1, -0.05) is 59.6 Å². The second-order valence-corrected chi connectivity index (χ2v) is 8.42. The number of carbonyl (C=O) groups excluding carboxylic acids is 2. The zero-order valence-corrected chi connectivity index (χ0v) is 17.7. The quantitative estimate of drug-likeness (QED) is 0.744. The highest BCUT2D eigenvalue weighted by molar-refractivity contribution is 6.35. The molecule has 2 aliphatic heterocycles. The molecule has 4 rings (SSSR count). The van der Waals surface area contributed by atoms with Crippen LogP contribution < -0.4 is 0 Å². The number of carbonyl (C=O) groups is 2. The lowest BCUT2D eigenvalue weighted by Crippen LogP contribution is -2.40. The Morgan fingerprint density at radius 2 is 1.80 bits per heavy atom. The first-order chi connectivity index (χ1) is 14.5. The Morgan fingerprint density at radius 3 is 2.50 bits per heavy atom. The highest BCUT2D eigenvalue weighted by atomic mass is 35.5. The Bertz CT molecular complexity index is 1000. The molecule has 2 aromatic carbocycles. The van der Waals surface area contributed by atoms with Gasteiger partial charge in [-0.25, -0.2) is 0 Å². The number of amides is 2. The fourth-order valence-corrected chi connectivity index (χ4v) is 4.39. The largest absolute Gasteiger partial charge is 0.396 e. The van der Waals surface area contributed by atoms with Gasteiger partial charge in [0, 0.05) is 24.7 Å². The molecule has 2 aliphatic rings. The second-order valence-electron chi connectivity index (χ2n) is 8.01. The molecule has 1 unspecified atom stereocenters. The zero-order chi connectivity index (χ0) is 21.3. The van der Waals surface area contributed by atoms with Crippen molar-refractivity contribution in [2.75, 3.05) is 19.7 Å². The maximum absolute atomic E-state index is 13.5. The fourth-order valence-electron chi connectivity index (χ4n) is 4.19. The Balaban J connectivity index is 1.74. The van der Waals surface area contributed by atoms with Crippen molar-refractivity contribution in [1.29, 1.82) is 0 Å². The van der Waals surface area contributed by atoms with Gasteiger partial charge in [-0.3, -0.25) is 14.5 Å². The van der Waals surface area contributed by atoms with Gasteiger partial charge in [0.2, 0.25) is 0 Å². The predicted octanol–water partition coefficient (Wildman–Crippen LogP) is 3.63. The monoisotopic (exact) mass is 424 g/mol. The van der Waals surface area contributed by atoms with Crippen LogP contribution in [0, 0.1) is 12.8 Å². The number of hydrogen-bond donors (Lipinski definition) is 1. The van der Waals surface area contributed by atoms with Crippen LogP contribution in [0.1, 0.15) is 29.5 Å². The van der Waals surface area contributed by atoms with Gasteiger partial charge in [0.15, 0.2) is 0 Å². The molecular weight excluding hydrogens is 400 g/mol. The molecule has 1 fully saturated rings. The Morgan fingerprint density at radius 1 is 1.07 bits per heavy atom. The van der Waals surface area contributed by atoms with E-state index in [0.717, 1.165) is 29.5 Å². The summed E-state index contributed by atoms with van der Waals surface area (Å²) < 4.78 is 0. The molecule has 0 aliphatic carbocycles. The lowest BCUT2D eigenvalue weighted by Gasteiger charge is -2.34. The zero-order valence-electron chi connectivity index (χ0n) is 17.0. The summed E-state index contributed by atoms with van der Waals surface area (Å²) in [6.07, 6.45) is 1.80. The van der Waals surface area contributed by atoms with Crippen LogP contribution in [0.5, 0.6) is 0 Å². The summed E-state index contributed by atoms with van der Waals surface area (Å²) in [6.45, 7) is 3.46. The van der Waals surface area contributed by atoms with Crippen molar-refractivity contribution in [1.82, 2.24) is 9.80 Å². The average Bonchev–Trinajstić information content (AvgIpc) is 3.00. The maximum atomic E-state index is 13.5. The summed E-state index contributed by atoms with van der Waals surface area (Å²) >= 11 is 6.29. The van der Waals surface area contributed by atoms with Crippen LogP contribution in [0.2, 0.25) is 5.02 Å². The van der Waals surface area contributed by atoms with Crippen LogP contribution in [0.15, 0.2) is 54.2 Å². The van der Waals surface area contributed by atoms with Crippen LogP contribution in [-0.2, 0) is 16.1 Å². The predicted molar refractivity (Wildman–Crippen MR) is 116 cm³/mol. The van der Waals surface area contributed by atoms with Gasteiger partial charge in [0.1, 0.15) is 5.70 Å². The molecule has 2 heterocycles. The van der Waals surface area contributed by atoms with E-state index in [9.17, 15) is 14.7 Å². The number of hydrogen-bond acceptors (Lipinski definition) is 4. The summed E-state index contributed by atoms with van der Waals surface area (Å²) in [4.78, 5) is 30.2. The number of piperidine rings is 1. The van der Waals surface area contributed by atoms with E-state index < -0.39 is 0 Å². The van der Waals surface area contributed by atoms with E-state index in [2.05, 4.69) is 0 Å². The van der Waals surface area contributed by atoms with Crippen molar-refractivity contribution in [2.45, 2.75) is 26.3 Å². The van der Waals surface area contributed by atoms with E-state index >= 15 is 0 Å². The van der Waals surface area contributed by atoms with E-state index in [1.54, 1.807) is 6.07 Å². The van der Waals surface area contributed by atoms with E-state index in [1.165, 1.54) is 4.90 Å². The molecule has 0 spiro atoms. The van der Waals surface area contributed by atoms with Gasteiger partial charge in [-0.05, 0) is 42.9 Å². The van der Waals surface area contributed by atoms with Gasteiger partial charge >= 0.3 is 0 Å². The molecular formula is C24H25ClN2O3. The van der Waals surface area contributed by atoms with Gasteiger partial charge in [-0.15, -0.1) is 0 Å². The molecule has 30 heavy (non-hydrogen) atoms. The molecule has 0 bridgehead atoms. The van der Waals surface area contributed by atoms with Crippen molar-refractivity contribution in [3.05, 3.63) is 75.9 Å². The first kappa shape index (κ1) is 20.6. The lowest BCUT2D eigenvalue weighted by atomic mass is 9.96. The van der Waals surface area contributed by atoms with Crippen LogP contribution in [-0.4, -0.2) is 46.4 Å². The molecule has 2 amide bonds. The fraction of sp³-hybridized carbons (Fsp3) is 0.333. The van der Waals surface area contributed by atoms with Crippen molar-refractivity contribution in [2.24, 2.45) is 5.92 Å². The summed E-state index contributed by atoms with van der Waals surface area (Å²) in [5.41, 5.74) is 3.43. The molecule has 6 heteroatoms. The third kappa shape index (κ3) is 3.87. The number of likely N-dealkylation sites (tertiary alicyclic amines) is 1. The minimum absolute atomic E-state index is 0.0785. The van der Waals surface area contributed by atoms with Gasteiger partial charge in [0.05, 0.1) is 12.1 Å². The molecule has 0 saturated carbocycles. The normalized spacial score (nSPS) is 19.8. The molecule has 5 nitrogen and oxygen atoms in total. The minimum atomic E-state index is -0.301. The smallest absolute Gasteiger partial charge is 0.278 e. The third-order valence-corrected chi connectivity index (χ3v) is 6.23. The number of imide groups is 1. The standard InChI is InChI=1S/C24H25ClN2O3/c1-16-8-10-18(11-9-16)21-22(26-12-4-5-17(13-26)15-28)24(30)27(23(21)29)14-19-6-2-3-7-20(19)25/h2-3,6-11,17,28H,4-5,12-15H2,1H3. The van der Waals surface area contributed by atoms with Crippen molar-refractivity contribution >= 4 is 29.0 Å². The molecule has 0 aromatic heterocycles. The number of aliphatic hydroxyl groups is 1. The maximum Gasteiger partial charge on any atom is 0.278 e. The van der Waals surface area contributed by atoms with Gasteiger partial charge < -0.3 is 10.0 Å². The topological polar surface area (TPSA) is 60.9 Å². The van der Waals surface area contributed by atoms with E-state index in [0.29, 0.717) is 29.4 Å². The van der Waals surface area contributed by atoms with Crippen molar-refractivity contribution in [3.8, 4) is 0 Å². The van der Waals surface area contributed by atoms with E-state index in [-0.39, 0.29) is 30.9 Å². The van der Waals surface area contributed by atoms with Crippen LogP contribution >= 0.6 is 11.6 Å². The minimum Gasteiger partial charge on any atom is -0.396 e. The van der Waals surface area contributed by atoms with Gasteiger partial charge in [-0.2, -0.15) is 0 Å². The molecule has 0 radical (unpaired) electrons. The lowest BCUT2D eigenvalue weighted by molar-refractivity contribution is -0.138. The van der Waals surface area contributed by atoms with Crippen molar-refractivity contribution in [3.63, 3.8) is 0 Å². The summed E-state index contributed by atoms with van der Waals surface area (Å²) in [7, 11) is 0. The second kappa shape index (κ2) is 8.62. The van der Waals surface area contributed by atoms with Gasteiger partial charge in [0.25, 0.3) is 11.8 Å². The van der Waals surface area contributed by atoms with Crippen LogP contribution in [0.4, 0.5) is 0 Å². The molecule has 1 atom stereocenters. The summed E-state index contributed by atoms with van der Waals surface area (Å²) in [5.74, 6) is -0.495. The summed E-state index contributed by atoms with van der Waals surface area (Å²) in [6, 6.07) is 14.9. The third-order valence-electron chi connectivity index (χ3n) is 5.86. The SMILES string of the molecule is Cc1ccc(C2=C(N3CCCC(CO)C3)C(=O)N(Cc3ccccc3Cl)C2=O)cc1. The van der Waals surface area contributed by atoms with E-state index in [1.807, 2.05) is 54.3 Å². The van der Waals surface area contributed by atoms with Crippen LogP contribution in [0.25, 0.3) is 5.57 Å². The highest BCUT2D eigenvalue weighted by Crippen LogP contribution is 2.35. The number of rotatable bonds is 5. The molecule has 1 N–H and O–H groups in total. The Labute approximate surface area is 181 Å². The summed E-state index contributed by atoms with van der Waals surface area (Å²) in [5, 5.41) is 10.2. The average molecular weight is 425 g/mol. The molecule has 2 aromatic rings. The molecule has 156 valence electrons.